The van der Waals surface area contributed by atoms with Crippen molar-refractivity contribution in [2.45, 2.75) is 13.0 Å². The molecular formula is C19H17N3O4. The van der Waals surface area contributed by atoms with Crippen LogP contribution in [0.25, 0.3) is 11.0 Å². The third-order valence-electron chi connectivity index (χ3n) is 4.48. The van der Waals surface area contributed by atoms with E-state index in [2.05, 4.69) is 10.3 Å². The SMILES string of the molecule is CCOC(=O)[C@@H]1C(=O)Nc2nc3ccccc3n2[C@H]1c1ccc(O)cc1. The summed E-state index contributed by atoms with van der Waals surface area (Å²) in [7, 11) is 0. The molecule has 0 saturated carbocycles. The lowest BCUT2D eigenvalue weighted by Crippen LogP contribution is -2.43. The lowest BCUT2D eigenvalue weighted by atomic mass is 9.90. The molecule has 3 aromatic rings. The largest absolute Gasteiger partial charge is 0.508 e. The number of hydrogen-bond donors (Lipinski definition) is 2. The first-order valence-electron chi connectivity index (χ1n) is 8.33. The normalized spacial score (nSPS) is 19.0. The number of aromatic nitrogens is 2. The lowest BCUT2D eigenvalue weighted by molar-refractivity contribution is -0.152. The molecule has 2 atom stereocenters. The van der Waals surface area contributed by atoms with Gasteiger partial charge in [0.15, 0.2) is 5.92 Å². The third kappa shape index (κ3) is 2.48. The standard InChI is InChI=1S/C19H17N3O4/c1-2-26-18(25)15-16(11-7-9-12(23)10-8-11)22-14-6-4-3-5-13(14)20-19(22)21-17(15)24/h3-10,15-16,23H,2H2,1H3,(H,20,21,24)/t15-,16-/m0/s1. The van der Waals surface area contributed by atoms with Gasteiger partial charge in [0.05, 0.1) is 23.7 Å². The number of imidazole rings is 1. The van der Waals surface area contributed by atoms with E-state index in [0.29, 0.717) is 11.5 Å². The zero-order chi connectivity index (χ0) is 18.3. The molecule has 4 rings (SSSR count). The molecule has 26 heavy (non-hydrogen) atoms. The van der Waals surface area contributed by atoms with E-state index in [4.69, 9.17) is 4.74 Å². The summed E-state index contributed by atoms with van der Waals surface area (Å²) >= 11 is 0. The Morgan fingerprint density at radius 2 is 1.96 bits per heavy atom. The van der Waals surface area contributed by atoms with Gasteiger partial charge in [0.25, 0.3) is 0 Å². The number of amides is 1. The highest BCUT2D eigenvalue weighted by Gasteiger charge is 2.44. The van der Waals surface area contributed by atoms with Gasteiger partial charge in [-0.15, -0.1) is 0 Å². The van der Waals surface area contributed by atoms with Gasteiger partial charge in [-0.1, -0.05) is 24.3 Å². The quantitative estimate of drug-likeness (QED) is 0.558. The third-order valence-corrected chi connectivity index (χ3v) is 4.48. The minimum absolute atomic E-state index is 0.109. The molecule has 7 heteroatoms. The second-order valence-corrected chi connectivity index (χ2v) is 6.05. The average Bonchev–Trinajstić information content (AvgIpc) is 2.99. The number of ether oxygens (including phenoxy) is 1. The van der Waals surface area contributed by atoms with E-state index in [1.54, 1.807) is 19.1 Å². The lowest BCUT2D eigenvalue weighted by Gasteiger charge is -2.32. The van der Waals surface area contributed by atoms with Gasteiger partial charge in [0, 0.05) is 0 Å². The molecule has 0 saturated heterocycles. The minimum atomic E-state index is -1.05. The number of carbonyl (C=O) groups is 2. The molecule has 1 aliphatic rings. The van der Waals surface area contributed by atoms with E-state index < -0.39 is 23.8 Å². The van der Waals surface area contributed by atoms with Crippen LogP contribution < -0.4 is 5.32 Å². The Balaban J connectivity index is 1.95. The van der Waals surface area contributed by atoms with Crippen molar-refractivity contribution in [2.24, 2.45) is 5.92 Å². The van der Waals surface area contributed by atoms with Gasteiger partial charge in [-0.2, -0.15) is 0 Å². The number of nitrogens with zero attached hydrogens (tertiary/aromatic N) is 2. The van der Waals surface area contributed by atoms with Crippen molar-refractivity contribution in [1.29, 1.82) is 0 Å². The fraction of sp³-hybridized carbons (Fsp3) is 0.211. The van der Waals surface area contributed by atoms with Gasteiger partial charge in [0.2, 0.25) is 11.9 Å². The summed E-state index contributed by atoms with van der Waals surface area (Å²) in [4.78, 5) is 29.7. The zero-order valence-electron chi connectivity index (χ0n) is 14.0. The highest BCUT2D eigenvalue weighted by Crippen LogP contribution is 2.38. The second kappa shape index (κ2) is 6.18. The van der Waals surface area contributed by atoms with Crippen LogP contribution in [-0.4, -0.2) is 33.1 Å². The Labute approximate surface area is 149 Å². The molecule has 0 radical (unpaired) electrons. The number of para-hydroxylation sites is 2. The number of carbonyl (C=O) groups excluding carboxylic acids is 2. The maximum absolute atomic E-state index is 12.7. The minimum Gasteiger partial charge on any atom is -0.508 e. The van der Waals surface area contributed by atoms with Crippen LogP contribution in [0.4, 0.5) is 5.95 Å². The Bertz CT molecular complexity index is 994. The monoisotopic (exact) mass is 351 g/mol. The number of rotatable bonds is 3. The second-order valence-electron chi connectivity index (χ2n) is 6.05. The number of phenols is 1. The highest BCUT2D eigenvalue weighted by atomic mass is 16.5. The molecule has 0 spiro atoms. The maximum atomic E-state index is 12.7. The van der Waals surface area contributed by atoms with Crippen molar-refractivity contribution in [3.63, 3.8) is 0 Å². The zero-order valence-corrected chi connectivity index (χ0v) is 14.0. The molecule has 7 nitrogen and oxygen atoms in total. The number of esters is 1. The molecule has 1 aromatic heterocycles. The van der Waals surface area contributed by atoms with Crippen LogP contribution in [-0.2, 0) is 14.3 Å². The van der Waals surface area contributed by atoms with Crippen molar-refractivity contribution in [2.75, 3.05) is 11.9 Å². The smallest absolute Gasteiger partial charge is 0.321 e. The van der Waals surface area contributed by atoms with Crippen molar-refractivity contribution < 1.29 is 19.4 Å². The predicted octanol–water partition coefficient (Wildman–Crippen LogP) is 2.46. The van der Waals surface area contributed by atoms with Crippen LogP contribution in [0.3, 0.4) is 0 Å². The molecule has 132 valence electrons. The molecule has 2 N–H and O–H groups in total. The summed E-state index contributed by atoms with van der Waals surface area (Å²) < 4.78 is 6.99. The van der Waals surface area contributed by atoms with Crippen molar-refractivity contribution >= 4 is 28.9 Å². The summed E-state index contributed by atoms with van der Waals surface area (Å²) in [5.74, 6) is -1.60. The van der Waals surface area contributed by atoms with Crippen LogP contribution in [0.2, 0.25) is 0 Å². The molecular weight excluding hydrogens is 334 g/mol. The Kier molecular flexibility index (Phi) is 3.84. The molecule has 2 heterocycles. The Hall–Kier alpha value is -3.35. The summed E-state index contributed by atoms with van der Waals surface area (Å²) in [6.07, 6.45) is 0. The van der Waals surface area contributed by atoms with E-state index in [1.807, 2.05) is 28.8 Å². The van der Waals surface area contributed by atoms with E-state index in [-0.39, 0.29) is 12.4 Å². The summed E-state index contributed by atoms with van der Waals surface area (Å²) in [6, 6.07) is 13.3. The summed E-state index contributed by atoms with van der Waals surface area (Å²) in [5, 5.41) is 12.3. The summed E-state index contributed by atoms with van der Waals surface area (Å²) in [5.41, 5.74) is 2.23. The Morgan fingerprint density at radius 3 is 2.69 bits per heavy atom. The van der Waals surface area contributed by atoms with Gasteiger partial charge in [-0.3, -0.25) is 14.9 Å². The number of aromatic hydroxyl groups is 1. The van der Waals surface area contributed by atoms with E-state index >= 15 is 0 Å². The molecule has 0 bridgehead atoms. The number of nitrogens with one attached hydrogen (secondary N) is 1. The maximum Gasteiger partial charge on any atom is 0.321 e. The van der Waals surface area contributed by atoms with Gasteiger partial charge in [-0.05, 0) is 36.8 Å². The van der Waals surface area contributed by atoms with Crippen LogP contribution in [0, 0.1) is 5.92 Å². The van der Waals surface area contributed by atoms with E-state index in [1.165, 1.54) is 12.1 Å². The predicted molar refractivity (Wildman–Crippen MR) is 94.7 cm³/mol. The first kappa shape index (κ1) is 16.1. The van der Waals surface area contributed by atoms with Gasteiger partial charge >= 0.3 is 5.97 Å². The van der Waals surface area contributed by atoms with Crippen LogP contribution in [0.15, 0.2) is 48.5 Å². The number of phenolic OH excluding ortho intramolecular Hbond substituents is 1. The molecule has 0 fully saturated rings. The van der Waals surface area contributed by atoms with Crippen LogP contribution in [0.5, 0.6) is 5.75 Å². The van der Waals surface area contributed by atoms with Crippen molar-refractivity contribution in [1.82, 2.24) is 9.55 Å². The van der Waals surface area contributed by atoms with Crippen LogP contribution in [0.1, 0.15) is 18.5 Å². The van der Waals surface area contributed by atoms with Gasteiger partial charge in [0.1, 0.15) is 5.75 Å². The average molecular weight is 351 g/mol. The molecule has 1 amide bonds. The van der Waals surface area contributed by atoms with Crippen molar-refractivity contribution in [3.8, 4) is 5.75 Å². The highest BCUT2D eigenvalue weighted by molar-refractivity contribution is 6.07. The Morgan fingerprint density at radius 1 is 1.23 bits per heavy atom. The molecule has 0 aliphatic carbocycles. The van der Waals surface area contributed by atoms with E-state index in [0.717, 1.165) is 11.0 Å². The molecule has 1 aliphatic heterocycles. The van der Waals surface area contributed by atoms with Crippen molar-refractivity contribution in [3.05, 3.63) is 54.1 Å². The van der Waals surface area contributed by atoms with Gasteiger partial charge < -0.3 is 14.4 Å². The number of hydrogen-bond acceptors (Lipinski definition) is 5. The molecule has 2 aromatic carbocycles. The fourth-order valence-electron chi connectivity index (χ4n) is 3.38. The topological polar surface area (TPSA) is 93.5 Å². The number of fused-ring (bicyclic) bond motifs is 3. The molecule has 0 unspecified atom stereocenters. The van der Waals surface area contributed by atoms with E-state index in [9.17, 15) is 14.7 Å². The number of anilines is 1. The van der Waals surface area contributed by atoms with Gasteiger partial charge in [-0.25, -0.2) is 4.98 Å². The first-order valence-corrected chi connectivity index (χ1v) is 8.33. The fourth-order valence-corrected chi connectivity index (χ4v) is 3.38. The summed E-state index contributed by atoms with van der Waals surface area (Å²) in [6.45, 7) is 1.88. The van der Waals surface area contributed by atoms with Crippen LogP contribution >= 0.6 is 0 Å². The first-order chi connectivity index (χ1) is 12.6. The number of benzene rings is 2.